The average Bonchev–Trinajstić information content (AvgIpc) is 2.60. The van der Waals surface area contributed by atoms with Gasteiger partial charge >= 0.3 is 0 Å². The molecule has 3 atom stereocenters. The smallest absolute Gasteiger partial charge is 0.0391 e. The molecule has 0 radical (unpaired) electrons. The summed E-state index contributed by atoms with van der Waals surface area (Å²) in [7, 11) is 0. The van der Waals surface area contributed by atoms with Crippen LogP contribution in [-0.2, 0) is 0 Å². The zero-order valence-electron chi connectivity index (χ0n) is 12.1. The van der Waals surface area contributed by atoms with Crippen molar-refractivity contribution in [1.82, 2.24) is 0 Å². The molecule has 1 aliphatic rings. The molecular formula is C16H32. The van der Waals surface area contributed by atoms with Gasteiger partial charge in [-0.2, -0.15) is 0 Å². The van der Waals surface area contributed by atoms with Gasteiger partial charge in [0, 0.05) is 0 Å². The van der Waals surface area contributed by atoms with Crippen LogP contribution in [0.15, 0.2) is 0 Å². The lowest BCUT2D eigenvalue weighted by Crippen LogP contribution is -2.12. The van der Waals surface area contributed by atoms with Crippen molar-refractivity contribution in [2.24, 2.45) is 29.6 Å². The van der Waals surface area contributed by atoms with Crippen LogP contribution in [0.2, 0.25) is 0 Å². The second-order valence-corrected chi connectivity index (χ2v) is 6.82. The lowest BCUT2D eigenvalue weighted by Gasteiger charge is -2.23. The highest BCUT2D eigenvalue weighted by Gasteiger charge is 2.27. The number of hydrogen-bond donors (Lipinski definition) is 0. The molecule has 96 valence electrons. The van der Waals surface area contributed by atoms with E-state index >= 15 is 0 Å². The average molecular weight is 224 g/mol. The van der Waals surface area contributed by atoms with Gasteiger partial charge in [0.15, 0.2) is 0 Å². The van der Waals surface area contributed by atoms with Gasteiger partial charge in [0.1, 0.15) is 0 Å². The maximum atomic E-state index is 2.40. The van der Waals surface area contributed by atoms with Gasteiger partial charge in [0.2, 0.25) is 0 Å². The second-order valence-electron chi connectivity index (χ2n) is 6.82. The molecule has 0 spiro atoms. The molecule has 1 aliphatic carbocycles. The highest BCUT2D eigenvalue weighted by molar-refractivity contribution is 4.79. The van der Waals surface area contributed by atoms with Crippen LogP contribution in [0.5, 0.6) is 0 Å². The van der Waals surface area contributed by atoms with E-state index in [9.17, 15) is 0 Å². The van der Waals surface area contributed by atoms with Crippen LogP contribution in [0.3, 0.4) is 0 Å². The largest absolute Gasteiger partial charge is 0.0651 e. The molecule has 0 saturated heterocycles. The fourth-order valence-electron chi connectivity index (χ4n) is 3.61. The minimum atomic E-state index is 0.883. The van der Waals surface area contributed by atoms with E-state index in [1.165, 1.54) is 38.5 Å². The standard InChI is InChI=1S/C16H32/c1-6-16(13(4)5)11-15-8-7-14(10-15)9-12(2)3/h12-16H,6-11H2,1-5H3. The van der Waals surface area contributed by atoms with Crippen LogP contribution in [0, 0.1) is 29.6 Å². The first-order valence-corrected chi connectivity index (χ1v) is 7.52. The van der Waals surface area contributed by atoms with Gasteiger partial charge in [0.05, 0.1) is 0 Å². The molecule has 0 bridgehead atoms. The molecule has 1 saturated carbocycles. The van der Waals surface area contributed by atoms with Crippen LogP contribution in [0.1, 0.15) is 73.1 Å². The van der Waals surface area contributed by atoms with E-state index in [-0.39, 0.29) is 0 Å². The first kappa shape index (κ1) is 14.1. The Balaban J connectivity index is 2.30. The van der Waals surface area contributed by atoms with E-state index in [0.717, 1.165) is 29.6 Å². The zero-order chi connectivity index (χ0) is 12.1. The summed E-state index contributed by atoms with van der Waals surface area (Å²) in [5, 5.41) is 0. The Bertz CT molecular complexity index is 180. The summed E-state index contributed by atoms with van der Waals surface area (Å²) in [5.41, 5.74) is 0. The maximum Gasteiger partial charge on any atom is -0.0391 e. The molecule has 0 aromatic heterocycles. The normalized spacial score (nSPS) is 27.9. The number of rotatable bonds is 6. The first-order chi connectivity index (χ1) is 7.52. The summed E-state index contributed by atoms with van der Waals surface area (Å²) in [4.78, 5) is 0. The zero-order valence-corrected chi connectivity index (χ0v) is 12.1. The fraction of sp³-hybridized carbons (Fsp3) is 1.00. The molecule has 0 aromatic carbocycles. The molecule has 1 fully saturated rings. The van der Waals surface area contributed by atoms with Crippen molar-refractivity contribution in [3.8, 4) is 0 Å². The third-order valence-electron chi connectivity index (χ3n) is 4.56. The second kappa shape index (κ2) is 6.67. The van der Waals surface area contributed by atoms with Crippen molar-refractivity contribution in [1.29, 1.82) is 0 Å². The highest BCUT2D eigenvalue weighted by Crippen LogP contribution is 2.39. The van der Waals surface area contributed by atoms with Crippen LogP contribution < -0.4 is 0 Å². The molecule has 16 heavy (non-hydrogen) atoms. The summed E-state index contributed by atoms with van der Waals surface area (Å²) in [6.45, 7) is 11.9. The lowest BCUT2D eigenvalue weighted by atomic mass is 9.83. The predicted octanol–water partition coefficient (Wildman–Crippen LogP) is 5.52. The molecule has 3 unspecified atom stereocenters. The van der Waals surface area contributed by atoms with E-state index in [4.69, 9.17) is 0 Å². The van der Waals surface area contributed by atoms with Crippen molar-refractivity contribution >= 4 is 0 Å². The van der Waals surface area contributed by atoms with Gasteiger partial charge in [-0.15, -0.1) is 0 Å². The van der Waals surface area contributed by atoms with Gasteiger partial charge in [-0.3, -0.25) is 0 Å². The molecule has 0 N–H and O–H groups in total. The molecule has 1 rings (SSSR count). The first-order valence-electron chi connectivity index (χ1n) is 7.52. The highest BCUT2D eigenvalue weighted by atomic mass is 14.3. The minimum absolute atomic E-state index is 0.883. The molecule has 0 heterocycles. The van der Waals surface area contributed by atoms with Gasteiger partial charge < -0.3 is 0 Å². The third kappa shape index (κ3) is 4.47. The van der Waals surface area contributed by atoms with Crippen LogP contribution in [0.25, 0.3) is 0 Å². The van der Waals surface area contributed by atoms with E-state index in [0.29, 0.717) is 0 Å². The maximum absolute atomic E-state index is 2.40. The molecule has 0 aliphatic heterocycles. The summed E-state index contributed by atoms with van der Waals surface area (Å²) in [5.74, 6) is 4.86. The topological polar surface area (TPSA) is 0 Å². The van der Waals surface area contributed by atoms with Gasteiger partial charge in [0.25, 0.3) is 0 Å². The van der Waals surface area contributed by atoms with E-state index in [1.54, 1.807) is 0 Å². The predicted molar refractivity (Wildman–Crippen MR) is 73.5 cm³/mol. The molecule has 0 aromatic rings. The molecule has 0 heteroatoms. The van der Waals surface area contributed by atoms with E-state index in [1.807, 2.05) is 0 Å². The Morgan fingerprint density at radius 2 is 1.50 bits per heavy atom. The fourth-order valence-corrected chi connectivity index (χ4v) is 3.61. The van der Waals surface area contributed by atoms with E-state index in [2.05, 4.69) is 34.6 Å². The van der Waals surface area contributed by atoms with Crippen molar-refractivity contribution < 1.29 is 0 Å². The van der Waals surface area contributed by atoms with Crippen LogP contribution in [0.4, 0.5) is 0 Å². The van der Waals surface area contributed by atoms with Crippen molar-refractivity contribution in [3.63, 3.8) is 0 Å². The minimum Gasteiger partial charge on any atom is -0.0651 e. The van der Waals surface area contributed by atoms with E-state index < -0.39 is 0 Å². The third-order valence-corrected chi connectivity index (χ3v) is 4.56. The number of hydrogen-bond acceptors (Lipinski definition) is 0. The molecular weight excluding hydrogens is 192 g/mol. The summed E-state index contributed by atoms with van der Waals surface area (Å²) in [6.07, 6.45) is 8.90. The van der Waals surface area contributed by atoms with Gasteiger partial charge in [-0.1, -0.05) is 53.9 Å². The Labute approximate surface area is 103 Å². The Kier molecular flexibility index (Phi) is 5.86. The Morgan fingerprint density at radius 1 is 0.938 bits per heavy atom. The SMILES string of the molecule is CCC(CC1CCC(CC(C)C)C1)C(C)C. The van der Waals surface area contributed by atoms with Crippen LogP contribution in [-0.4, -0.2) is 0 Å². The monoisotopic (exact) mass is 224 g/mol. The summed E-state index contributed by atoms with van der Waals surface area (Å²) in [6, 6.07) is 0. The summed E-state index contributed by atoms with van der Waals surface area (Å²) >= 11 is 0. The van der Waals surface area contributed by atoms with Gasteiger partial charge in [-0.25, -0.2) is 0 Å². The Morgan fingerprint density at radius 3 is 1.94 bits per heavy atom. The lowest BCUT2D eigenvalue weighted by molar-refractivity contribution is 0.282. The van der Waals surface area contributed by atoms with Crippen molar-refractivity contribution in [2.45, 2.75) is 73.1 Å². The van der Waals surface area contributed by atoms with Crippen molar-refractivity contribution in [2.75, 3.05) is 0 Å². The van der Waals surface area contributed by atoms with Crippen molar-refractivity contribution in [3.05, 3.63) is 0 Å². The quantitative estimate of drug-likeness (QED) is 0.557. The molecule has 0 nitrogen and oxygen atoms in total. The van der Waals surface area contributed by atoms with Gasteiger partial charge in [-0.05, 0) is 48.9 Å². The van der Waals surface area contributed by atoms with Crippen LogP contribution >= 0.6 is 0 Å². The molecule has 0 amide bonds. The Hall–Kier alpha value is 0. The summed E-state index contributed by atoms with van der Waals surface area (Å²) < 4.78 is 0.